The van der Waals surface area contributed by atoms with Crippen molar-refractivity contribution in [1.29, 1.82) is 0 Å². The third-order valence-electron chi connectivity index (χ3n) is 3.98. The predicted molar refractivity (Wildman–Crippen MR) is 84.9 cm³/mol. The monoisotopic (exact) mass is 317 g/mol. The summed E-state index contributed by atoms with van der Waals surface area (Å²) in [6, 6.07) is 6.12. The third-order valence-corrected chi connectivity index (χ3v) is 3.98. The van der Waals surface area contributed by atoms with E-state index in [2.05, 4.69) is 0 Å². The molecule has 0 bridgehead atoms. The normalized spacial score (nSPS) is 11.3. The number of rotatable bonds is 3. The van der Waals surface area contributed by atoms with Gasteiger partial charge in [-0.1, -0.05) is 12.1 Å². The van der Waals surface area contributed by atoms with E-state index in [4.69, 9.17) is 0 Å². The van der Waals surface area contributed by atoms with E-state index in [9.17, 15) is 19.1 Å². The number of benzene rings is 1. The molecule has 0 unspecified atom stereocenters. The maximum absolute atomic E-state index is 14.3. The number of hydrogen-bond donors (Lipinski definition) is 1. The molecule has 1 aromatic carbocycles. The van der Waals surface area contributed by atoms with Gasteiger partial charge in [-0.2, -0.15) is 0 Å². The molecular formula is C16H16FN3O3. The third kappa shape index (κ3) is 2.20. The Kier molecular flexibility index (Phi) is 3.65. The van der Waals surface area contributed by atoms with Crippen LogP contribution in [0.25, 0.3) is 22.2 Å². The van der Waals surface area contributed by atoms with Gasteiger partial charge in [0.2, 0.25) is 0 Å². The van der Waals surface area contributed by atoms with Crippen LogP contribution in [-0.4, -0.2) is 25.4 Å². The fraction of sp³-hybridized carbons (Fsp3) is 0.250. The highest BCUT2D eigenvalue weighted by atomic mass is 19.1. The number of aliphatic hydroxyl groups is 1. The molecule has 0 spiro atoms. The van der Waals surface area contributed by atoms with Gasteiger partial charge >= 0.3 is 5.69 Å². The maximum atomic E-state index is 14.3. The van der Waals surface area contributed by atoms with E-state index in [-0.39, 0.29) is 24.1 Å². The summed E-state index contributed by atoms with van der Waals surface area (Å²) in [5.41, 5.74) is 0.0848. The van der Waals surface area contributed by atoms with Crippen molar-refractivity contribution in [3.8, 4) is 11.3 Å². The first-order valence-electron chi connectivity index (χ1n) is 7.12. The fourth-order valence-electron chi connectivity index (χ4n) is 2.82. The van der Waals surface area contributed by atoms with Crippen molar-refractivity contribution < 1.29 is 9.50 Å². The van der Waals surface area contributed by atoms with Gasteiger partial charge in [-0.25, -0.2) is 9.18 Å². The SMILES string of the molecule is Cn1c(=O)c2c(-c3ccccc3F)n(CCO)cc2n(C)c1=O. The van der Waals surface area contributed by atoms with Gasteiger partial charge in [0, 0.05) is 32.4 Å². The first kappa shape index (κ1) is 15.2. The zero-order chi connectivity index (χ0) is 16.7. The van der Waals surface area contributed by atoms with Gasteiger partial charge in [0.25, 0.3) is 5.56 Å². The Morgan fingerprint density at radius 2 is 1.83 bits per heavy atom. The van der Waals surface area contributed by atoms with Crippen LogP contribution < -0.4 is 11.2 Å². The zero-order valence-corrected chi connectivity index (χ0v) is 12.8. The number of nitrogens with zero attached hydrogens (tertiary/aromatic N) is 3. The minimum Gasteiger partial charge on any atom is -0.395 e. The molecule has 0 aliphatic heterocycles. The molecule has 120 valence electrons. The minimum atomic E-state index is -0.488. The minimum absolute atomic E-state index is 0.170. The number of aliphatic hydroxyl groups excluding tert-OH is 1. The molecule has 3 aromatic rings. The average molecular weight is 317 g/mol. The van der Waals surface area contributed by atoms with Crippen LogP contribution in [0.4, 0.5) is 4.39 Å². The van der Waals surface area contributed by atoms with Crippen LogP contribution in [0.5, 0.6) is 0 Å². The first-order valence-corrected chi connectivity index (χ1v) is 7.12. The Labute approximate surface area is 130 Å². The molecule has 7 heteroatoms. The average Bonchev–Trinajstić information content (AvgIpc) is 2.91. The number of fused-ring (bicyclic) bond motifs is 1. The molecule has 0 saturated heterocycles. The van der Waals surface area contributed by atoms with E-state index in [1.54, 1.807) is 36.0 Å². The highest BCUT2D eigenvalue weighted by molar-refractivity contribution is 5.93. The first-order chi connectivity index (χ1) is 11.0. The number of halogens is 1. The second-order valence-corrected chi connectivity index (χ2v) is 5.34. The van der Waals surface area contributed by atoms with Gasteiger partial charge in [-0.15, -0.1) is 0 Å². The molecule has 23 heavy (non-hydrogen) atoms. The van der Waals surface area contributed by atoms with Crippen LogP contribution in [0, 0.1) is 5.82 Å². The van der Waals surface area contributed by atoms with Crippen molar-refractivity contribution in [1.82, 2.24) is 13.7 Å². The van der Waals surface area contributed by atoms with Crippen molar-refractivity contribution in [3.05, 3.63) is 57.1 Å². The van der Waals surface area contributed by atoms with E-state index in [1.807, 2.05) is 0 Å². The van der Waals surface area contributed by atoms with Crippen LogP contribution in [-0.2, 0) is 20.6 Å². The van der Waals surface area contributed by atoms with Gasteiger partial charge in [0.05, 0.1) is 23.2 Å². The van der Waals surface area contributed by atoms with Crippen LogP contribution in [0.15, 0.2) is 40.1 Å². The van der Waals surface area contributed by atoms with Crippen molar-refractivity contribution in [2.45, 2.75) is 6.54 Å². The highest BCUT2D eigenvalue weighted by Crippen LogP contribution is 2.29. The molecule has 0 fully saturated rings. The van der Waals surface area contributed by atoms with Crippen LogP contribution in [0.2, 0.25) is 0 Å². The number of aromatic nitrogens is 3. The van der Waals surface area contributed by atoms with Gasteiger partial charge in [0.15, 0.2) is 0 Å². The lowest BCUT2D eigenvalue weighted by molar-refractivity contribution is 0.277. The highest BCUT2D eigenvalue weighted by Gasteiger charge is 2.20. The van der Waals surface area contributed by atoms with E-state index >= 15 is 0 Å². The van der Waals surface area contributed by atoms with Gasteiger partial charge < -0.3 is 9.67 Å². The standard InChI is InChI=1S/C16H16FN3O3/c1-18-12-9-20(7-8-21)14(10-5-3-4-6-11(10)17)13(12)15(22)19(2)16(18)23/h3-6,9,21H,7-8H2,1-2H3. The maximum Gasteiger partial charge on any atom is 0.330 e. The van der Waals surface area contributed by atoms with Crippen molar-refractivity contribution in [2.75, 3.05) is 6.61 Å². The summed E-state index contributed by atoms with van der Waals surface area (Å²) in [4.78, 5) is 24.7. The lowest BCUT2D eigenvalue weighted by Gasteiger charge is -2.09. The Morgan fingerprint density at radius 1 is 1.13 bits per heavy atom. The topological polar surface area (TPSA) is 69.2 Å². The predicted octanol–water partition coefficient (Wildman–Crippen LogP) is 0.837. The summed E-state index contributed by atoms with van der Waals surface area (Å²) in [5, 5.41) is 9.52. The van der Waals surface area contributed by atoms with E-state index < -0.39 is 17.1 Å². The quantitative estimate of drug-likeness (QED) is 0.778. The number of hydrogen-bond acceptors (Lipinski definition) is 3. The molecule has 0 atom stereocenters. The zero-order valence-electron chi connectivity index (χ0n) is 12.8. The van der Waals surface area contributed by atoms with Crippen molar-refractivity contribution in [2.24, 2.45) is 14.1 Å². The summed E-state index contributed by atoms with van der Waals surface area (Å²) in [6.45, 7) is 0.0202. The smallest absolute Gasteiger partial charge is 0.330 e. The number of aryl methyl sites for hydroxylation is 1. The summed E-state index contributed by atoms with van der Waals surface area (Å²) in [6.07, 6.45) is 1.59. The lowest BCUT2D eigenvalue weighted by Crippen LogP contribution is -2.36. The molecule has 0 saturated carbocycles. The van der Waals surface area contributed by atoms with E-state index in [0.717, 1.165) is 4.57 Å². The molecule has 0 radical (unpaired) electrons. The van der Waals surface area contributed by atoms with Gasteiger partial charge in [-0.05, 0) is 12.1 Å². The lowest BCUT2D eigenvalue weighted by atomic mass is 10.1. The van der Waals surface area contributed by atoms with Gasteiger partial charge in [-0.3, -0.25) is 13.9 Å². The molecular weight excluding hydrogens is 301 g/mol. The molecule has 0 aliphatic rings. The van der Waals surface area contributed by atoms with E-state index in [1.165, 1.54) is 17.7 Å². The van der Waals surface area contributed by atoms with Crippen LogP contribution >= 0.6 is 0 Å². The molecule has 0 aliphatic carbocycles. The van der Waals surface area contributed by atoms with Crippen molar-refractivity contribution >= 4 is 10.9 Å². The summed E-state index contributed by atoms with van der Waals surface area (Å²) >= 11 is 0. The van der Waals surface area contributed by atoms with Crippen molar-refractivity contribution in [3.63, 3.8) is 0 Å². The largest absolute Gasteiger partial charge is 0.395 e. The molecule has 0 amide bonds. The molecule has 1 N–H and O–H groups in total. The fourth-order valence-corrected chi connectivity index (χ4v) is 2.82. The second kappa shape index (κ2) is 5.51. The summed E-state index contributed by atoms with van der Waals surface area (Å²) in [7, 11) is 2.94. The molecule has 2 aromatic heterocycles. The second-order valence-electron chi connectivity index (χ2n) is 5.34. The van der Waals surface area contributed by atoms with Crippen LogP contribution in [0.3, 0.4) is 0 Å². The molecule has 3 rings (SSSR count). The Bertz CT molecular complexity index is 1010. The van der Waals surface area contributed by atoms with Crippen LogP contribution in [0.1, 0.15) is 0 Å². The Hall–Kier alpha value is -2.67. The Morgan fingerprint density at radius 3 is 2.48 bits per heavy atom. The summed E-state index contributed by atoms with van der Waals surface area (Å²) < 4.78 is 18.2. The van der Waals surface area contributed by atoms with E-state index in [0.29, 0.717) is 11.2 Å². The molecule has 2 heterocycles. The summed E-state index contributed by atoms with van der Waals surface area (Å²) in [5.74, 6) is -0.470. The molecule has 6 nitrogen and oxygen atoms in total. The Balaban J connectivity index is 2.54. The van der Waals surface area contributed by atoms with Gasteiger partial charge in [0.1, 0.15) is 5.82 Å².